The van der Waals surface area contributed by atoms with Gasteiger partial charge in [0.25, 0.3) is 0 Å². The number of rotatable bonds is 7. The standard InChI is InChI=1S/C8H18O4/c1-3-11-7(9)5-6-8(10)12-4-2/h7-10H,3-6H2,1-2H3. The molecule has 0 rings (SSSR count). The third kappa shape index (κ3) is 6.54. The first-order valence-corrected chi connectivity index (χ1v) is 4.30. The summed E-state index contributed by atoms with van der Waals surface area (Å²) in [7, 11) is 0. The summed E-state index contributed by atoms with van der Waals surface area (Å²) in [6, 6.07) is 0. The molecule has 4 nitrogen and oxygen atoms in total. The third-order valence-corrected chi connectivity index (χ3v) is 1.38. The minimum absolute atomic E-state index is 0.398. The largest absolute Gasteiger partial charge is 0.368 e. The Hall–Kier alpha value is -0.160. The van der Waals surface area contributed by atoms with Crippen LogP contribution in [0.1, 0.15) is 26.7 Å². The third-order valence-electron chi connectivity index (χ3n) is 1.38. The minimum atomic E-state index is -0.787. The van der Waals surface area contributed by atoms with E-state index in [2.05, 4.69) is 0 Å². The van der Waals surface area contributed by atoms with Gasteiger partial charge in [-0.2, -0.15) is 0 Å². The van der Waals surface area contributed by atoms with Crippen molar-refractivity contribution >= 4 is 0 Å². The van der Waals surface area contributed by atoms with Crippen molar-refractivity contribution in [3.8, 4) is 0 Å². The van der Waals surface area contributed by atoms with Crippen molar-refractivity contribution in [3.05, 3.63) is 0 Å². The average molecular weight is 178 g/mol. The zero-order valence-electron chi connectivity index (χ0n) is 7.69. The van der Waals surface area contributed by atoms with E-state index in [-0.39, 0.29) is 0 Å². The fraction of sp³-hybridized carbons (Fsp3) is 1.00. The molecule has 0 aliphatic carbocycles. The van der Waals surface area contributed by atoms with Crippen molar-refractivity contribution in [1.82, 2.24) is 0 Å². The molecule has 0 saturated carbocycles. The van der Waals surface area contributed by atoms with E-state index in [1.54, 1.807) is 0 Å². The lowest BCUT2D eigenvalue weighted by Gasteiger charge is -2.13. The van der Waals surface area contributed by atoms with Gasteiger partial charge < -0.3 is 19.7 Å². The lowest BCUT2D eigenvalue weighted by molar-refractivity contribution is -0.135. The van der Waals surface area contributed by atoms with Crippen molar-refractivity contribution in [3.63, 3.8) is 0 Å². The second kappa shape index (κ2) is 7.49. The monoisotopic (exact) mass is 178 g/mol. The highest BCUT2D eigenvalue weighted by Crippen LogP contribution is 2.03. The van der Waals surface area contributed by atoms with Crippen molar-refractivity contribution in [1.29, 1.82) is 0 Å². The molecule has 0 radical (unpaired) electrons. The molecule has 0 amide bonds. The molecule has 74 valence electrons. The predicted molar refractivity (Wildman–Crippen MR) is 44.5 cm³/mol. The average Bonchev–Trinajstić information content (AvgIpc) is 2.02. The highest BCUT2D eigenvalue weighted by molar-refractivity contribution is 4.46. The van der Waals surface area contributed by atoms with Gasteiger partial charge in [-0.1, -0.05) is 0 Å². The van der Waals surface area contributed by atoms with E-state index in [4.69, 9.17) is 19.7 Å². The lowest BCUT2D eigenvalue weighted by atomic mass is 10.3. The van der Waals surface area contributed by atoms with Crippen LogP contribution in [-0.2, 0) is 9.47 Å². The smallest absolute Gasteiger partial charge is 0.154 e. The van der Waals surface area contributed by atoms with Gasteiger partial charge in [0.1, 0.15) is 0 Å². The Balaban J connectivity index is 3.27. The van der Waals surface area contributed by atoms with Crippen LogP contribution < -0.4 is 0 Å². The van der Waals surface area contributed by atoms with Gasteiger partial charge in [0.2, 0.25) is 0 Å². The van der Waals surface area contributed by atoms with Gasteiger partial charge in [-0.05, 0) is 13.8 Å². The molecule has 0 fully saturated rings. The number of hydrogen-bond acceptors (Lipinski definition) is 4. The first kappa shape index (κ1) is 11.8. The molecule has 0 spiro atoms. The highest BCUT2D eigenvalue weighted by atomic mass is 16.6. The SMILES string of the molecule is CCOC(O)CCC(O)OCC. The summed E-state index contributed by atoms with van der Waals surface area (Å²) >= 11 is 0. The van der Waals surface area contributed by atoms with Crippen LogP contribution in [0.3, 0.4) is 0 Å². The van der Waals surface area contributed by atoms with Crippen molar-refractivity contribution in [2.75, 3.05) is 13.2 Å². The summed E-state index contributed by atoms with van der Waals surface area (Å²) in [5.41, 5.74) is 0. The van der Waals surface area contributed by atoms with Crippen LogP contribution >= 0.6 is 0 Å². The normalized spacial score (nSPS) is 16.0. The van der Waals surface area contributed by atoms with Crippen LogP contribution in [0.15, 0.2) is 0 Å². The van der Waals surface area contributed by atoms with E-state index >= 15 is 0 Å². The summed E-state index contributed by atoms with van der Waals surface area (Å²) in [6.07, 6.45) is -0.778. The van der Waals surface area contributed by atoms with Gasteiger partial charge in [0.15, 0.2) is 12.6 Å². The molecule has 0 bridgehead atoms. The van der Waals surface area contributed by atoms with E-state index < -0.39 is 12.6 Å². The van der Waals surface area contributed by atoms with Gasteiger partial charge in [-0.15, -0.1) is 0 Å². The number of aliphatic hydroxyl groups excluding tert-OH is 2. The lowest BCUT2D eigenvalue weighted by Crippen LogP contribution is -2.18. The molecule has 2 unspecified atom stereocenters. The number of hydrogen-bond donors (Lipinski definition) is 2. The molecule has 4 heteroatoms. The molecule has 0 saturated heterocycles. The summed E-state index contributed by atoms with van der Waals surface area (Å²) in [5.74, 6) is 0. The fourth-order valence-electron chi connectivity index (χ4n) is 0.837. The maximum Gasteiger partial charge on any atom is 0.154 e. The summed E-state index contributed by atoms with van der Waals surface area (Å²) in [5, 5.41) is 18.2. The van der Waals surface area contributed by atoms with E-state index in [0.29, 0.717) is 26.1 Å². The topological polar surface area (TPSA) is 58.9 Å². The molecule has 0 aromatic heterocycles. The minimum Gasteiger partial charge on any atom is -0.368 e. The van der Waals surface area contributed by atoms with Crippen molar-refractivity contribution < 1.29 is 19.7 Å². The summed E-state index contributed by atoms with van der Waals surface area (Å²) in [6.45, 7) is 4.57. The molecule has 0 aromatic carbocycles. The molecule has 0 aliphatic heterocycles. The van der Waals surface area contributed by atoms with Crippen molar-refractivity contribution in [2.24, 2.45) is 0 Å². The molecular formula is C8H18O4. The number of aliphatic hydroxyl groups is 2. The molecule has 2 atom stereocenters. The van der Waals surface area contributed by atoms with Gasteiger partial charge in [-0.3, -0.25) is 0 Å². The first-order valence-electron chi connectivity index (χ1n) is 4.30. The number of ether oxygens (including phenoxy) is 2. The van der Waals surface area contributed by atoms with Gasteiger partial charge in [0, 0.05) is 26.1 Å². The van der Waals surface area contributed by atoms with E-state index in [0.717, 1.165) is 0 Å². The Kier molecular flexibility index (Phi) is 7.39. The Labute approximate surface area is 73.1 Å². The van der Waals surface area contributed by atoms with Crippen molar-refractivity contribution in [2.45, 2.75) is 39.3 Å². The fourth-order valence-corrected chi connectivity index (χ4v) is 0.837. The van der Waals surface area contributed by atoms with Crippen LogP contribution in [0.25, 0.3) is 0 Å². The Morgan fingerprint density at radius 3 is 1.50 bits per heavy atom. The predicted octanol–water partition coefficient (Wildman–Crippen LogP) is 0.476. The van der Waals surface area contributed by atoms with E-state index in [1.807, 2.05) is 13.8 Å². The quantitative estimate of drug-likeness (QED) is 0.556. The van der Waals surface area contributed by atoms with Crippen LogP contribution in [0.5, 0.6) is 0 Å². The van der Waals surface area contributed by atoms with Crippen LogP contribution in [0.4, 0.5) is 0 Å². The summed E-state index contributed by atoms with van der Waals surface area (Å²) < 4.78 is 9.72. The molecule has 2 N–H and O–H groups in total. The van der Waals surface area contributed by atoms with E-state index in [9.17, 15) is 0 Å². The van der Waals surface area contributed by atoms with Crippen LogP contribution in [0.2, 0.25) is 0 Å². The highest BCUT2D eigenvalue weighted by Gasteiger charge is 2.07. The van der Waals surface area contributed by atoms with Gasteiger partial charge >= 0.3 is 0 Å². The molecular weight excluding hydrogens is 160 g/mol. The second-order valence-corrected chi connectivity index (χ2v) is 2.40. The molecule has 0 aromatic rings. The van der Waals surface area contributed by atoms with E-state index in [1.165, 1.54) is 0 Å². The second-order valence-electron chi connectivity index (χ2n) is 2.40. The molecule has 12 heavy (non-hydrogen) atoms. The molecule has 0 heterocycles. The van der Waals surface area contributed by atoms with Gasteiger partial charge in [-0.25, -0.2) is 0 Å². The van der Waals surface area contributed by atoms with Gasteiger partial charge in [0.05, 0.1) is 0 Å². The van der Waals surface area contributed by atoms with Crippen LogP contribution in [-0.4, -0.2) is 36.0 Å². The summed E-state index contributed by atoms with van der Waals surface area (Å²) in [4.78, 5) is 0. The maximum absolute atomic E-state index is 9.08. The molecule has 0 aliphatic rings. The Bertz CT molecular complexity index is 85.1. The Morgan fingerprint density at radius 2 is 1.25 bits per heavy atom. The maximum atomic E-state index is 9.08. The zero-order valence-corrected chi connectivity index (χ0v) is 7.69. The Morgan fingerprint density at radius 1 is 0.917 bits per heavy atom. The van der Waals surface area contributed by atoms with Crippen LogP contribution in [0, 0.1) is 0 Å². The zero-order chi connectivity index (χ0) is 9.40. The first-order chi connectivity index (χ1) is 5.70.